The molecule has 0 amide bonds. The first-order valence-electron chi connectivity index (χ1n) is 7.44. The maximum absolute atomic E-state index is 11.3. The third-order valence-electron chi connectivity index (χ3n) is 2.29. The lowest BCUT2D eigenvalue weighted by molar-refractivity contribution is -0.141. The number of ether oxygens (including phenoxy) is 6. The lowest BCUT2D eigenvalue weighted by Crippen LogP contribution is -2.31. The van der Waals surface area contributed by atoms with E-state index in [1.54, 1.807) is 13.8 Å². The van der Waals surface area contributed by atoms with Gasteiger partial charge in [0, 0.05) is 5.57 Å². The molecule has 0 aliphatic carbocycles. The SMILES string of the molecule is C=C(C)C(=O)OCCOCC(COC(=O)OCC)OC(=O)OCC. The van der Waals surface area contributed by atoms with E-state index in [4.69, 9.17) is 18.9 Å². The van der Waals surface area contributed by atoms with Crippen LogP contribution in [0, 0.1) is 0 Å². The van der Waals surface area contributed by atoms with Crippen molar-refractivity contribution >= 4 is 18.3 Å². The summed E-state index contributed by atoms with van der Waals surface area (Å²) in [6.07, 6.45) is -2.68. The molecule has 0 aliphatic heterocycles. The zero-order chi connectivity index (χ0) is 18.4. The molecule has 0 saturated carbocycles. The fourth-order valence-corrected chi connectivity index (χ4v) is 1.26. The predicted octanol–water partition coefficient (Wildman–Crippen LogP) is 1.84. The molecule has 0 spiro atoms. The Morgan fingerprint density at radius 2 is 1.50 bits per heavy atom. The van der Waals surface area contributed by atoms with Crippen LogP contribution in [0.15, 0.2) is 12.2 Å². The highest BCUT2D eigenvalue weighted by Gasteiger charge is 2.18. The van der Waals surface area contributed by atoms with Gasteiger partial charge >= 0.3 is 18.3 Å². The first kappa shape index (κ1) is 21.7. The summed E-state index contributed by atoms with van der Waals surface area (Å²) in [5.41, 5.74) is 0.279. The molecule has 0 radical (unpaired) electrons. The smallest absolute Gasteiger partial charge is 0.460 e. The van der Waals surface area contributed by atoms with E-state index in [1.165, 1.54) is 6.92 Å². The van der Waals surface area contributed by atoms with Gasteiger partial charge in [-0.05, 0) is 20.8 Å². The standard InChI is InChI=1S/C15H24O9/c1-5-20-14(17)23-10-12(24-15(18)21-6-2)9-19-7-8-22-13(16)11(3)4/h12H,3,5-10H2,1-2,4H3. The average molecular weight is 348 g/mol. The Hall–Kier alpha value is -2.29. The third kappa shape index (κ3) is 11.3. The topological polar surface area (TPSA) is 107 Å². The second-order valence-corrected chi connectivity index (χ2v) is 4.41. The summed E-state index contributed by atoms with van der Waals surface area (Å²) >= 11 is 0. The maximum atomic E-state index is 11.3. The van der Waals surface area contributed by atoms with Gasteiger partial charge in [0.15, 0.2) is 6.10 Å². The highest BCUT2D eigenvalue weighted by atomic mass is 16.8. The van der Waals surface area contributed by atoms with E-state index in [2.05, 4.69) is 16.1 Å². The van der Waals surface area contributed by atoms with Crippen molar-refractivity contribution in [1.29, 1.82) is 0 Å². The minimum atomic E-state index is -0.910. The molecule has 24 heavy (non-hydrogen) atoms. The van der Waals surface area contributed by atoms with Gasteiger partial charge in [-0.25, -0.2) is 14.4 Å². The van der Waals surface area contributed by atoms with Crippen LogP contribution in [0.3, 0.4) is 0 Å². The van der Waals surface area contributed by atoms with Crippen LogP contribution in [-0.4, -0.2) is 64.0 Å². The Morgan fingerprint density at radius 3 is 2.08 bits per heavy atom. The Labute approximate surface area is 140 Å². The Kier molecular flexibility index (Phi) is 11.9. The third-order valence-corrected chi connectivity index (χ3v) is 2.29. The molecule has 0 heterocycles. The van der Waals surface area contributed by atoms with Crippen LogP contribution in [0.5, 0.6) is 0 Å². The highest BCUT2D eigenvalue weighted by molar-refractivity contribution is 5.86. The molecule has 0 aliphatic rings. The molecule has 9 nitrogen and oxygen atoms in total. The summed E-state index contributed by atoms with van der Waals surface area (Å²) in [4.78, 5) is 33.6. The van der Waals surface area contributed by atoms with Crippen molar-refractivity contribution in [1.82, 2.24) is 0 Å². The lowest BCUT2D eigenvalue weighted by atomic mass is 10.4. The number of carbonyl (C=O) groups excluding carboxylic acids is 3. The monoisotopic (exact) mass is 348 g/mol. The molecule has 9 heteroatoms. The van der Waals surface area contributed by atoms with Gasteiger partial charge in [0.25, 0.3) is 0 Å². The first-order valence-corrected chi connectivity index (χ1v) is 7.44. The molecule has 0 N–H and O–H groups in total. The van der Waals surface area contributed by atoms with Gasteiger partial charge < -0.3 is 28.4 Å². The number of rotatable bonds is 11. The van der Waals surface area contributed by atoms with Crippen LogP contribution < -0.4 is 0 Å². The van der Waals surface area contributed by atoms with E-state index in [0.717, 1.165) is 0 Å². The molecular weight excluding hydrogens is 324 g/mol. The number of hydrogen-bond donors (Lipinski definition) is 0. The van der Waals surface area contributed by atoms with E-state index in [0.29, 0.717) is 0 Å². The molecule has 0 aromatic carbocycles. The molecule has 0 fully saturated rings. The fourth-order valence-electron chi connectivity index (χ4n) is 1.26. The van der Waals surface area contributed by atoms with Gasteiger partial charge in [-0.2, -0.15) is 0 Å². The van der Waals surface area contributed by atoms with E-state index in [-0.39, 0.29) is 45.2 Å². The molecule has 0 saturated heterocycles. The summed E-state index contributed by atoms with van der Waals surface area (Å²) in [5, 5.41) is 0. The number of esters is 1. The summed E-state index contributed by atoms with van der Waals surface area (Å²) in [6, 6.07) is 0. The van der Waals surface area contributed by atoms with Crippen molar-refractivity contribution in [3.63, 3.8) is 0 Å². The van der Waals surface area contributed by atoms with Crippen molar-refractivity contribution in [2.24, 2.45) is 0 Å². The quantitative estimate of drug-likeness (QED) is 0.239. The van der Waals surface area contributed by atoms with Crippen LogP contribution >= 0.6 is 0 Å². The van der Waals surface area contributed by atoms with Crippen LogP contribution in [0.1, 0.15) is 20.8 Å². The van der Waals surface area contributed by atoms with Gasteiger partial charge in [-0.15, -0.1) is 0 Å². The van der Waals surface area contributed by atoms with Gasteiger partial charge in [-0.3, -0.25) is 0 Å². The Balaban J connectivity index is 4.18. The van der Waals surface area contributed by atoms with Gasteiger partial charge in [0.1, 0.15) is 13.2 Å². The largest absolute Gasteiger partial charge is 0.508 e. The number of hydrogen-bond acceptors (Lipinski definition) is 9. The van der Waals surface area contributed by atoms with Crippen molar-refractivity contribution < 1.29 is 42.8 Å². The molecular formula is C15H24O9. The summed E-state index contributed by atoms with van der Waals surface area (Å²) in [6.45, 7) is 8.26. The van der Waals surface area contributed by atoms with Gasteiger partial charge in [-0.1, -0.05) is 6.58 Å². The summed E-state index contributed by atoms with van der Waals surface area (Å²) in [7, 11) is 0. The first-order chi connectivity index (χ1) is 11.4. The van der Waals surface area contributed by atoms with Crippen molar-refractivity contribution in [2.45, 2.75) is 26.9 Å². The van der Waals surface area contributed by atoms with Crippen LogP contribution in [-0.2, 0) is 33.2 Å². The molecule has 0 rings (SSSR count). The van der Waals surface area contributed by atoms with Gasteiger partial charge in [0.05, 0.1) is 26.4 Å². The zero-order valence-electron chi connectivity index (χ0n) is 14.2. The normalized spacial score (nSPS) is 11.1. The Morgan fingerprint density at radius 1 is 0.875 bits per heavy atom. The second kappa shape index (κ2) is 13.2. The molecule has 138 valence electrons. The van der Waals surface area contributed by atoms with E-state index >= 15 is 0 Å². The van der Waals surface area contributed by atoms with Crippen molar-refractivity contribution in [3.8, 4) is 0 Å². The Bertz CT molecular complexity index is 419. The van der Waals surface area contributed by atoms with Crippen molar-refractivity contribution in [3.05, 3.63) is 12.2 Å². The summed E-state index contributed by atoms with van der Waals surface area (Å²) in [5.74, 6) is -0.524. The highest BCUT2D eigenvalue weighted by Crippen LogP contribution is 2.00. The van der Waals surface area contributed by atoms with Crippen LogP contribution in [0.25, 0.3) is 0 Å². The van der Waals surface area contributed by atoms with Gasteiger partial charge in [0.2, 0.25) is 0 Å². The molecule has 0 aromatic rings. The fraction of sp³-hybridized carbons (Fsp3) is 0.667. The maximum Gasteiger partial charge on any atom is 0.508 e. The van der Waals surface area contributed by atoms with E-state index in [1.807, 2.05) is 0 Å². The minimum absolute atomic E-state index is 0.0105. The molecule has 0 bridgehead atoms. The molecule has 1 unspecified atom stereocenters. The van der Waals surface area contributed by atoms with E-state index in [9.17, 15) is 14.4 Å². The molecule has 0 aromatic heterocycles. The zero-order valence-corrected chi connectivity index (χ0v) is 14.2. The predicted molar refractivity (Wildman–Crippen MR) is 81.5 cm³/mol. The average Bonchev–Trinajstić information content (AvgIpc) is 2.52. The minimum Gasteiger partial charge on any atom is -0.460 e. The summed E-state index contributed by atoms with van der Waals surface area (Å²) < 4.78 is 29.0. The number of carbonyl (C=O) groups is 3. The molecule has 1 atom stereocenters. The van der Waals surface area contributed by atoms with E-state index < -0.39 is 24.4 Å². The van der Waals surface area contributed by atoms with Crippen LogP contribution in [0.2, 0.25) is 0 Å². The lowest BCUT2D eigenvalue weighted by Gasteiger charge is -2.17. The second-order valence-electron chi connectivity index (χ2n) is 4.41. The van der Waals surface area contributed by atoms with Crippen molar-refractivity contribution in [2.75, 3.05) is 39.6 Å². The van der Waals surface area contributed by atoms with Crippen LogP contribution in [0.4, 0.5) is 9.59 Å².